The van der Waals surface area contributed by atoms with Gasteiger partial charge in [-0.2, -0.15) is 0 Å². The summed E-state index contributed by atoms with van der Waals surface area (Å²) in [6, 6.07) is 11.1. The number of nitrogens with one attached hydrogen (secondary N) is 2. The van der Waals surface area contributed by atoms with Gasteiger partial charge in [0.15, 0.2) is 0 Å². The van der Waals surface area contributed by atoms with Crippen LogP contribution in [0.25, 0.3) is 0 Å². The van der Waals surface area contributed by atoms with Crippen molar-refractivity contribution in [1.82, 2.24) is 20.1 Å². The highest BCUT2D eigenvalue weighted by Gasteiger charge is 2.30. The number of anilines is 2. The molecule has 0 unspecified atom stereocenters. The predicted molar refractivity (Wildman–Crippen MR) is 123 cm³/mol. The molecule has 0 saturated carbocycles. The Morgan fingerprint density at radius 1 is 1.16 bits per heavy atom. The van der Waals surface area contributed by atoms with Gasteiger partial charge in [-0.1, -0.05) is 12.1 Å². The van der Waals surface area contributed by atoms with Crippen LogP contribution >= 0.6 is 0 Å². The molecule has 1 saturated heterocycles. The standard InChI is InChI=1S/C23H30N6O3/c1-27-21(26-23(31)19-4-3-9-24-22(19)27)17-5-7-18(8-6-17)25-20(30)16-29-12-10-28(11-13-29)14-15-32-2/h3-9,21H,10-16H2,1-2H3,(H,25,30)(H,26,31)/t21-/m0/s1. The van der Waals surface area contributed by atoms with Crippen molar-refractivity contribution < 1.29 is 14.3 Å². The summed E-state index contributed by atoms with van der Waals surface area (Å²) in [6.45, 7) is 5.69. The zero-order chi connectivity index (χ0) is 22.5. The van der Waals surface area contributed by atoms with Crippen molar-refractivity contribution in [2.75, 3.05) is 70.2 Å². The van der Waals surface area contributed by atoms with Gasteiger partial charge in [-0.15, -0.1) is 0 Å². The number of methoxy groups -OCH3 is 1. The maximum absolute atomic E-state index is 12.5. The molecule has 9 nitrogen and oxygen atoms in total. The van der Waals surface area contributed by atoms with Crippen LogP contribution in [0.2, 0.25) is 0 Å². The first kappa shape index (κ1) is 22.2. The molecular formula is C23H30N6O3. The van der Waals surface area contributed by atoms with E-state index in [1.54, 1.807) is 25.4 Å². The van der Waals surface area contributed by atoms with Crippen molar-refractivity contribution in [2.24, 2.45) is 0 Å². The lowest BCUT2D eigenvalue weighted by Gasteiger charge is -2.35. The Labute approximate surface area is 188 Å². The number of carbonyl (C=O) groups is 2. The predicted octanol–water partition coefficient (Wildman–Crippen LogP) is 1.16. The lowest BCUT2D eigenvalue weighted by Crippen LogP contribution is -2.49. The van der Waals surface area contributed by atoms with E-state index in [4.69, 9.17) is 4.74 Å². The lowest BCUT2D eigenvalue weighted by atomic mass is 10.1. The highest BCUT2D eigenvalue weighted by atomic mass is 16.5. The number of hydrogen-bond donors (Lipinski definition) is 2. The topological polar surface area (TPSA) is 90.0 Å². The largest absolute Gasteiger partial charge is 0.383 e. The van der Waals surface area contributed by atoms with E-state index in [9.17, 15) is 9.59 Å². The first-order valence-corrected chi connectivity index (χ1v) is 10.9. The quantitative estimate of drug-likeness (QED) is 0.671. The Morgan fingerprint density at radius 3 is 2.59 bits per heavy atom. The second kappa shape index (κ2) is 10.1. The minimum absolute atomic E-state index is 0.0238. The van der Waals surface area contributed by atoms with Gasteiger partial charge in [0.05, 0.1) is 18.7 Å². The third kappa shape index (κ3) is 5.07. The monoisotopic (exact) mass is 438 g/mol. The third-order valence-corrected chi connectivity index (χ3v) is 5.97. The van der Waals surface area contributed by atoms with Crippen molar-refractivity contribution in [3.63, 3.8) is 0 Å². The van der Waals surface area contributed by atoms with Crippen LogP contribution < -0.4 is 15.5 Å². The van der Waals surface area contributed by atoms with Crippen LogP contribution in [0.5, 0.6) is 0 Å². The van der Waals surface area contributed by atoms with E-state index in [1.807, 2.05) is 36.2 Å². The average molecular weight is 439 g/mol. The van der Waals surface area contributed by atoms with Gasteiger partial charge in [-0.3, -0.25) is 19.4 Å². The lowest BCUT2D eigenvalue weighted by molar-refractivity contribution is -0.117. The number of ether oxygens (including phenoxy) is 1. The number of hydrogen-bond acceptors (Lipinski definition) is 7. The molecule has 2 aromatic rings. The molecule has 2 amide bonds. The smallest absolute Gasteiger partial charge is 0.256 e. The summed E-state index contributed by atoms with van der Waals surface area (Å²) in [5.41, 5.74) is 2.22. The number of benzene rings is 1. The second-order valence-corrected chi connectivity index (χ2v) is 8.14. The highest BCUT2D eigenvalue weighted by Crippen LogP contribution is 2.30. The SMILES string of the molecule is COCCN1CCN(CC(=O)Nc2ccc([C@H]3NC(=O)c4cccnc4N3C)cc2)CC1. The summed E-state index contributed by atoms with van der Waals surface area (Å²) >= 11 is 0. The normalized spacial score (nSPS) is 19.4. The fraction of sp³-hybridized carbons (Fsp3) is 0.435. The molecule has 0 bridgehead atoms. The van der Waals surface area contributed by atoms with E-state index in [1.165, 1.54) is 0 Å². The Bertz CT molecular complexity index is 943. The molecule has 9 heteroatoms. The summed E-state index contributed by atoms with van der Waals surface area (Å²) < 4.78 is 5.13. The van der Waals surface area contributed by atoms with Crippen LogP contribution in [0.1, 0.15) is 22.1 Å². The Hall–Kier alpha value is -3.01. The van der Waals surface area contributed by atoms with Crippen molar-refractivity contribution >= 4 is 23.3 Å². The molecular weight excluding hydrogens is 408 g/mol. The molecule has 2 N–H and O–H groups in total. The maximum Gasteiger partial charge on any atom is 0.256 e. The minimum atomic E-state index is -0.316. The van der Waals surface area contributed by atoms with Crippen molar-refractivity contribution in [1.29, 1.82) is 0 Å². The summed E-state index contributed by atoms with van der Waals surface area (Å²) in [5, 5.41) is 5.98. The highest BCUT2D eigenvalue weighted by molar-refractivity contribution is 6.01. The van der Waals surface area contributed by atoms with Gasteiger partial charge < -0.3 is 20.3 Å². The molecule has 0 spiro atoms. The van der Waals surface area contributed by atoms with Crippen LogP contribution in [0.3, 0.4) is 0 Å². The molecule has 170 valence electrons. The number of amides is 2. The number of rotatable bonds is 7. The third-order valence-electron chi connectivity index (χ3n) is 5.97. The van der Waals surface area contributed by atoms with Crippen LogP contribution in [0.15, 0.2) is 42.6 Å². The number of aromatic nitrogens is 1. The molecule has 0 radical (unpaired) electrons. The van der Waals surface area contributed by atoms with Crippen LogP contribution in [-0.2, 0) is 9.53 Å². The van der Waals surface area contributed by atoms with Crippen molar-refractivity contribution in [3.8, 4) is 0 Å². The fourth-order valence-electron chi connectivity index (χ4n) is 4.13. The summed E-state index contributed by atoms with van der Waals surface area (Å²) in [4.78, 5) is 35.7. The Balaban J connectivity index is 1.31. The molecule has 2 aliphatic rings. The molecule has 1 fully saturated rings. The zero-order valence-electron chi connectivity index (χ0n) is 18.6. The zero-order valence-corrected chi connectivity index (χ0v) is 18.6. The van der Waals surface area contributed by atoms with Crippen LogP contribution in [0, 0.1) is 0 Å². The Kier molecular flexibility index (Phi) is 6.99. The van der Waals surface area contributed by atoms with Gasteiger partial charge in [0.25, 0.3) is 5.91 Å². The summed E-state index contributed by atoms with van der Waals surface area (Å²) in [5.74, 6) is 0.487. The number of pyridine rings is 1. The van der Waals surface area contributed by atoms with Gasteiger partial charge in [0.1, 0.15) is 12.0 Å². The van der Waals surface area contributed by atoms with Gasteiger partial charge in [0.2, 0.25) is 5.91 Å². The van der Waals surface area contributed by atoms with Crippen LogP contribution in [0.4, 0.5) is 11.5 Å². The Morgan fingerprint density at radius 2 is 1.88 bits per heavy atom. The van der Waals surface area contributed by atoms with E-state index >= 15 is 0 Å². The average Bonchev–Trinajstić information content (AvgIpc) is 2.81. The van der Waals surface area contributed by atoms with E-state index in [0.717, 1.165) is 50.6 Å². The summed E-state index contributed by atoms with van der Waals surface area (Å²) in [7, 11) is 3.62. The van der Waals surface area contributed by atoms with Gasteiger partial charge in [-0.25, -0.2) is 4.98 Å². The first-order chi connectivity index (χ1) is 15.5. The molecule has 4 rings (SSSR count). The number of piperazine rings is 1. The van der Waals surface area contributed by atoms with E-state index in [-0.39, 0.29) is 18.0 Å². The molecule has 1 aromatic carbocycles. The molecule has 1 atom stereocenters. The summed E-state index contributed by atoms with van der Waals surface area (Å²) in [6.07, 6.45) is 1.37. The van der Waals surface area contributed by atoms with E-state index < -0.39 is 0 Å². The maximum atomic E-state index is 12.5. The van der Waals surface area contributed by atoms with Gasteiger partial charge in [-0.05, 0) is 29.8 Å². The van der Waals surface area contributed by atoms with Crippen molar-refractivity contribution in [2.45, 2.75) is 6.17 Å². The molecule has 3 heterocycles. The van der Waals surface area contributed by atoms with E-state index in [0.29, 0.717) is 17.9 Å². The molecule has 1 aromatic heterocycles. The number of fused-ring (bicyclic) bond motifs is 1. The minimum Gasteiger partial charge on any atom is -0.383 e. The number of carbonyl (C=O) groups excluding carboxylic acids is 2. The molecule has 0 aliphatic carbocycles. The van der Waals surface area contributed by atoms with Gasteiger partial charge in [0, 0.05) is 58.8 Å². The van der Waals surface area contributed by atoms with E-state index in [2.05, 4.69) is 25.4 Å². The number of nitrogens with zero attached hydrogens (tertiary/aromatic N) is 4. The molecule has 2 aliphatic heterocycles. The first-order valence-electron chi connectivity index (χ1n) is 10.9. The van der Waals surface area contributed by atoms with Crippen molar-refractivity contribution in [3.05, 3.63) is 53.7 Å². The van der Waals surface area contributed by atoms with Crippen LogP contribution in [-0.4, -0.2) is 86.6 Å². The molecule has 32 heavy (non-hydrogen) atoms. The second-order valence-electron chi connectivity index (χ2n) is 8.14. The fourth-order valence-corrected chi connectivity index (χ4v) is 4.13. The van der Waals surface area contributed by atoms with Gasteiger partial charge >= 0.3 is 0 Å².